The van der Waals surface area contributed by atoms with Gasteiger partial charge in [-0.25, -0.2) is 0 Å². The standard InChI is InChI=1S/3C34H21N.CH4/c1-3-10-25(11-4-1)35(26-12-5-2-6-13-26)27-17-19-28-30(21-27)29-18-16-23-15-14-22-8-7-9-24-20-31(28)34(29)33(23)32(22)24;1-3-10-25(11-4-1)35(26-12-5-2-6-13-26)27-17-19-28-29-18-16-23-15-14-22-8-7-9-24-20-31(30(28)21-27)34(29)33(23)32(22)24;1-3-9-24(10-4-1)35(25-11-5-2-6-12-25)31-20-17-23-21-30-27-14-8-7-13-26(27)28-18-15-22-16-19-29(31)32(23)33(22)34(28)30;/h3*1-21H;1H4. The molecule has 0 N–H and O–H groups in total. The molecule has 0 aromatic heterocycles. The number of hydrogen-bond acceptors (Lipinski definition) is 3. The van der Waals surface area contributed by atoms with Gasteiger partial charge in [-0.3, -0.25) is 0 Å². The summed E-state index contributed by atoms with van der Waals surface area (Å²) in [7, 11) is 0. The lowest BCUT2D eigenvalue weighted by Crippen LogP contribution is -2.10. The molecule has 24 rings (SSSR count). The Morgan fingerprint density at radius 1 is 0.132 bits per heavy atom. The van der Waals surface area contributed by atoms with Crippen LogP contribution in [0.4, 0.5) is 51.2 Å². The highest BCUT2D eigenvalue weighted by molar-refractivity contribution is 6.35. The molecule has 3 heteroatoms. The van der Waals surface area contributed by atoms with Crippen LogP contribution in [0.3, 0.4) is 0 Å². The zero-order valence-corrected chi connectivity index (χ0v) is 57.2. The summed E-state index contributed by atoms with van der Waals surface area (Å²) in [5.41, 5.74) is 26.5. The molecule has 0 saturated heterocycles. The second-order valence-corrected chi connectivity index (χ2v) is 28.1. The molecule has 0 aliphatic heterocycles. The maximum Gasteiger partial charge on any atom is 0.0540 e. The van der Waals surface area contributed by atoms with Crippen molar-refractivity contribution in [3.63, 3.8) is 0 Å². The van der Waals surface area contributed by atoms with Gasteiger partial charge in [0.1, 0.15) is 0 Å². The summed E-state index contributed by atoms with van der Waals surface area (Å²) < 4.78 is 0. The first kappa shape index (κ1) is 60.9. The Hall–Kier alpha value is -13.9. The first-order valence-electron chi connectivity index (χ1n) is 36.4. The summed E-state index contributed by atoms with van der Waals surface area (Å²) in [5.74, 6) is 0. The predicted octanol–water partition coefficient (Wildman–Crippen LogP) is 29.7. The van der Waals surface area contributed by atoms with Crippen LogP contribution in [-0.2, 0) is 0 Å². The maximum atomic E-state index is 2.40. The highest BCUT2D eigenvalue weighted by Crippen LogP contribution is 2.57. The molecule has 21 aromatic rings. The van der Waals surface area contributed by atoms with E-state index in [4.69, 9.17) is 0 Å². The van der Waals surface area contributed by atoms with Crippen molar-refractivity contribution in [3.05, 3.63) is 382 Å². The Labute approximate surface area is 615 Å². The highest BCUT2D eigenvalue weighted by Gasteiger charge is 2.30. The summed E-state index contributed by atoms with van der Waals surface area (Å²) in [5, 5.41) is 24.3. The fourth-order valence-electron chi connectivity index (χ4n) is 18.1. The van der Waals surface area contributed by atoms with E-state index in [9.17, 15) is 0 Å². The Balaban J connectivity index is 0.000000102. The Morgan fingerprint density at radius 2 is 0.406 bits per heavy atom. The molecule has 0 atom stereocenters. The number of anilines is 9. The normalized spacial score (nSPS) is 11.9. The number of nitrogens with zero attached hydrogens (tertiary/aromatic N) is 3. The molecule has 0 heterocycles. The molecule has 21 aromatic carbocycles. The molecule has 0 radical (unpaired) electrons. The molecule has 494 valence electrons. The number of hydrogen-bond donors (Lipinski definition) is 0. The molecule has 3 nitrogen and oxygen atoms in total. The number of benzene rings is 21. The Kier molecular flexibility index (Phi) is 13.9. The smallest absolute Gasteiger partial charge is 0.0540 e. The van der Waals surface area contributed by atoms with Crippen LogP contribution in [0.5, 0.6) is 0 Å². The molecular formula is C103H67N3. The first-order valence-corrected chi connectivity index (χ1v) is 36.4. The molecule has 0 fully saturated rings. The van der Waals surface area contributed by atoms with Crippen molar-refractivity contribution >= 4 is 148 Å². The molecular weight excluding hydrogens is 1280 g/mol. The lowest BCUT2D eigenvalue weighted by Gasteiger charge is -2.27. The average Bonchev–Trinajstić information content (AvgIpc) is 1.49. The number of rotatable bonds is 9. The van der Waals surface area contributed by atoms with E-state index in [0.29, 0.717) is 0 Å². The average molecular weight is 1350 g/mol. The lowest BCUT2D eigenvalue weighted by atomic mass is 9.90. The van der Waals surface area contributed by atoms with E-state index in [0.717, 1.165) is 34.1 Å². The van der Waals surface area contributed by atoms with Crippen LogP contribution >= 0.6 is 0 Å². The van der Waals surface area contributed by atoms with Gasteiger partial charge < -0.3 is 14.7 Å². The third-order valence-electron chi connectivity index (χ3n) is 22.5. The van der Waals surface area contributed by atoms with Crippen molar-refractivity contribution in [1.29, 1.82) is 0 Å². The summed E-state index contributed by atoms with van der Waals surface area (Å²) in [6.45, 7) is 0. The maximum absolute atomic E-state index is 2.40. The zero-order valence-electron chi connectivity index (χ0n) is 57.2. The van der Waals surface area contributed by atoms with Gasteiger partial charge in [-0.05, 0) is 280 Å². The van der Waals surface area contributed by atoms with E-state index < -0.39 is 0 Å². The largest absolute Gasteiger partial charge is 0.310 e. The molecule has 0 bridgehead atoms. The second-order valence-electron chi connectivity index (χ2n) is 28.1. The SMILES string of the molecule is C.c1ccc(N(c2ccccc2)c2ccc3c(c2)-c2cc4cccc5ccc6ccc-3c2c6c54)cc1.c1ccc(N(c2ccccc2)c2ccc3c(c2)-c2ccc4ccc5cccc6cc-3c2c4c56)cc1.c1ccc(N(c2ccccc2)c2ccc3cc4c5c(ccc6ccc2c3c65)-c2ccccc2-4)cc1. The minimum absolute atomic E-state index is 0. The topological polar surface area (TPSA) is 9.72 Å². The third kappa shape index (κ3) is 9.26. The summed E-state index contributed by atoms with van der Waals surface area (Å²) in [4.78, 5) is 7.06. The van der Waals surface area contributed by atoms with E-state index in [1.807, 2.05) is 0 Å². The minimum Gasteiger partial charge on any atom is -0.310 e. The van der Waals surface area contributed by atoms with Gasteiger partial charge in [-0.15, -0.1) is 0 Å². The van der Waals surface area contributed by atoms with Crippen LogP contribution in [0.1, 0.15) is 7.43 Å². The highest BCUT2D eigenvalue weighted by atomic mass is 15.2. The van der Waals surface area contributed by atoms with Crippen molar-refractivity contribution in [3.8, 4) is 66.8 Å². The van der Waals surface area contributed by atoms with Gasteiger partial charge in [-0.2, -0.15) is 0 Å². The minimum atomic E-state index is 0. The monoisotopic (exact) mass is 1350 g/mol. The molecule has 0 spiro atoms. The zero-order chi connectivity index (χ0) is 68.8. The number of fused-ring (bicyclic) bond motifs is 9. The van der Waals surface area contributed by atoms with Gasteiger partial charge in [0.25, 0.3) is 0 Å². The lowest BCUT2D eigenvalue weighted by molar-refractivity contribution is 1.28. The van der Waals surface area contributed by atoms with Crippen molar-refractivity contribution < 1.29 is 0 Å². The third-order valence-corrected chi connectivity index (χ3v) is 22.5. The number of para-hydroxylation sites is 6. The van der Waals surface area contributed by atoms with E-state index in [1.54, 1.807) is 0 Å². The van der Waals surface area contributed by atoms with E-state index in [1.165, 1.54) is 181 Å². The quantitative estimate of drug-likeness (QED) is 0.133. The molecule has 0 amide bonds. The molecule has 106 heavy (non-hydrogen) atoms. The van der Waals surface area contributed by atoms with Gasteiger partial charge in [0, 0.05) is 50.9 Å². The predicted molar refractivity (Wildman–Crippen MR) is 455 cm³/mol. The van der Waals surface area contributed by atoms with Gasteiger partial charge in [0.15, 0.2) is 0 Å². The molecule has 3 aliphatic carbocycles. The van der Waals surface area contributed by atoms with Gasteiger partial charge in [-0.1, -0.05) is 268 Å². The summed E-state index contributed by atoms with van der Waals surface area (Å²) in [6.07, 6.45) is 0. The van der Waals surface area contributed by atoms with Crippen LogP contribution < -0.4 is 14.7 Å². The van der Waals surface area contributed by atoms with Crippen molar-refractivity contribution in [2.45, 2.75) is 7.43 Å². The van der Waals surface area contributed by atoms with Crippen molar-refractivity contribution in [2.24, 2.45) is 0 Å². The van der Waals surface area contributed by atoms with Crippen LogP contribution in [0, 0.1) is 0 Å². The van der Waals surface area contributed by atoms with Gasteiger partial charge in [0.05, 0.1) is 5.69 Å². The van der Waals surface area contributed by atoms with Gasteiger partial charge in [0.2, 0.25) is 0 Å². The molecule has 3 aliphatic rings. The second kappa shape index (κ2) is 24.1. The van der Waals surface area contributed by atoms with Crippen LogP contribution in [-0.4, -0.2) is 0 Å². The van der Waals surface area contributed by atoms with Gasteiger partial charge >= 0.3 is 0 Å². The van der Waals surface area contributed by atoms with Crippen LogP contribution in [0.25, 0.3) is 164 Å². The fourth-order valence-corrected chi connectivity index (χ4v) is 18.1. The van der Waals surface area contributed by atoms with Crippen LogP contribution in [0.15, 0.2) is 382 Å². The fraction of sp³-hybridized carbons (Fsp3) is 0.00971. The molecule has 0 saturated carbocycles. The summed E-state index contributed by atoms with van der Waals surface area (Å²) >= 11 is 0. The Bertz CT molecular complexity index is 6830. The van der Waals surface area contributed by atoms with Crippen molar-refractivity contribution in [2.75, 3.05) is 14.7 Å². The van der Waals surface area contributed by atoms with E-state index >= 15 is 0 Å². The van der Waals surface area contributed by atoms with E-state index in [2.05, 4.69) is 397 Å². The summed E-state index contributed by atoms with van der Waals surface area (Å²) in [6, 6.07) is 139. The van der Waals surface area contributed by atoms with Crippen LogP contribution in [0.2, 0.25) is 0 Å². The van der Waals surface area contributed by atoms with E-state index in [-0.39, 0.29) is 7.43 Å². The van der Waals surface area contributed by atoms with Crippen molar-refractivity contribution in [1.82, 2.24) is 0 Å². The molecule has 0 unspecified atom stereocenters. The first-order chi connectivity index (χ1) is 52.1. The Morgan fingerprint density at radius 3 is 0.830 bits per heavy atom.